The molecule has 3 heterocycles. The number of aryl methyl sites for hydroxylation is 1. The third-order valence-corrected chi connectivity index (χ3v) is 7.76. The molecule has 0 saturated carbocycles. The van der Waals surface area contributed by atoms with Crippen LogP contribution in [0.1, 0.15) is 29.7 Å². The Hall–Kier alpha value is -2.03. The third-order valence-electron chi connectivity index (χ3n) is 4.80. The molecule has 0 radical (unpaired) electrons. The summed E-state index contributed by atoms with van der Waals surface area (Å²) in [5.74, 6) is 0.731. The first-order chi connectivity index (χ1) is 13.1. The lowest BCUT2D eigenvalue weighted by molar-refractivity contribution is 0.346. The number of benzene rings is 1. The second-order valence-corrected chi connectivity index (χ2v) is 9.87. The molecule has 1 aromatic carbocycles. The van der Waals surface area contributed by atoms with E-state index in [0.717, 1.165) is 40.9 Å². The molecule has 27 heavy (non-hydrogen) atoms. The molecule has 0 atom stereocenters. The smallest absolute Gasteiger partial charge is 0.243 e. The molecule has 142 valence electrons. The summed E-state index contributed by atoms with van der Waals surface area (Å²) in [6.45, 7) is 3.64. The molecule has 4 rings (SSSR count). The van der Waals surface area contributed by atoms with Gasteiger partial charge in [0, 0.05) is 24.5 Å². The van der Waals surface area contributed by atoms with Crippen molar-refractivity contribution in [2.45, 2.75) is 37.6 Å². The standard InChI is InChI=1S/C19H22N4O2S2/c1-14-11-16-18(21-13-22-19(16)26-14)20-12-15-7-3-4-8-17(15)27(24,25)23-9-5-2-6-10-23/h3-4,7-8,11,13H,2,5-6,9-10,12H2,1H3,(H,20,21,22). The number of sulfonamides is 1. The number of fused-ring (bicyclic) bond motifs is 1. The predicted molar refractivity (Wildman–Crippen MR) is 109 cm³/mol. The van der Waals surface area contributed by atoms with Gasteiger partial charge in [-0.2, -0.15) is 4.31 Å². The molecule has 0 unspecified atom stereocenters. The van der Waals surface area contributed by atoms with Gasteiger partial charge in [0.2, 0.25) is 10.0 Å². The van der Waals surface area contributed by atoms with Crippen molar-refractivity contribution in [2.24, 2.45) is 0 Å². The van der Waals surface area contributed by atoms with Gasteiger partial charge in [0.15, 0.2) is 0 Å². The highest BCUT2D eigenvalue weighted by atomic mass is 32.2. The van der Waals surface area contributed by atoms with Gasteiger partial charge in [0.05, 0.1) is 10.3 Å². The lowest BCUT2D eigenvalue weighted by Crippen LogP contribution is -2.36. The maximum Gasteiger partial charge on any atom is 0.243 e. The van der Waals surface area contributed by atoms with Crippen molar-refractivity contribution in [1.29, 1.82) is 0 Å². The van der Waals surface area contributed by atoms with Crippen molar-refractivity contribution in [3.63, 3.8) is 0 Å². The summed E-state index contributed by atoms with van der Waals surface area (Å²) in [7, 11) is -3.47. The van der Waals surface area contributed by atoms with Crippen molar-refractivity contribution in [3.8, 4) is 0 Å². The first-order valence-electron chi connectivity index (χ1n) is 9.09. The Balaban J connectivity index is 1.61. The number of nitrogens with zero attached hydrogens (tertiary/aromatic N) is 3. The predicted octanol–water partition coefficient (Wildman–Crippen LogP) is 3.79. The minimum Gasteiger partial charge on any atom is -0.365 e. The van der Waals surface area contributed by atoms with E-state index in [0.29, 0.717) is 24.5 Å². The van der Waals surface area contributed by atoms with Crippen molar-refractivity contribution in [1.82, 2.24) is 14.3 Å². The van der Waals surface area contributed by atoms with E-state index in [2.05, 4.69) is 21.4 Å². The quantitative estimate of drug-likeness (QED) is 0.703. The number of hydrogen-bond acceptors (Lipinski definition) is 6. The highest BCUT2D eigenvalue weighted by molar-refractivity contribution is 7.89. The van der Waals surface area contributed by atoms with E-state index in [4.69, 9.17) is 0 Å². The zero-order chi connectivity index (χ0) is 18.9. The van der Waals surface area contributed by atoms with E-state index in [1.54, 1.807) is 27.8 Å². The van der Waals surface area contributed by atoms with Gasteiger partial charge in [-0.05, 0) is 37.5 Å². The fourth-order valence-electron chi connectivity index (χ4n) is 3.44. The second-order valence-electron chi connectivity index (χ2n) is 6.72. The van der Waals surface area contributed by atoms with E-state index in [1.807, 2.05) is 19.1 Å². The Morgan fingerprint density at radius 2 is 1.93 bits per heavy atom. The van der Waals surface area contributed by atoms with E-state index < -0.39 is 10.0 Å². The SMILES string of the molecule is Cc1cc2c(NCc3ccccc3S(=O)(=O)N3CCCCC3)ncnc2s1. The number of aromatic nitrogens is 2. The van der Waals surface area contributed by atoms with Gasteiger partial charge in [-0.15, -0.1) is 11.3 Å². The van der Waals surface area contributed by atoms with Crippen LogP contribution in [0, 0.1) is 6.92 Å². The minimum absolute atomic E-state index is 0.381. The number of anilines is 1. The Labute approximate surface area is 163 Å². The second kappa shape index (κ2) is 7.53. The van der Waals surface area contributed by atoms with Crippen LogP contribution < -0.4 is 5.32 Å². The molecule has 2 aromatic heterocycles. The minimum atomic E-state index is -3.47. The molecule has 1 fully saturated rings. The van der Waals surface area contributed by atoms with Crippen LogP contribution in [0.2, 0.25) is 0 Å². The maximum atomic E-state index is 13.1. The summed E-state index contributed by atoms with van der Waals surface area (Å²) in [6.07, 6.45) is 4.49. The lowest BCUT2D eigenvalue weighted by atomic mass is 10.2. The van der Waals surface area contributed by atoms with Gasteiger partial charge >= 0.3 is 0 Å². The Morgan fingerprint density at radius 3 is 2.74 bits per heavy atom. The summed E-state index contributed by atoms with van der Waals surface area (Å²) >= 11 is 1.62. The first kappa shape index (κ1) is 18.3. The highest BCUT2D eigenvalue weighted by Gasteiger charge is 2.27. The van der Waals surface area contributed by atoms with Crippen LogP contribution in [-0.4, -0.2) is 35.8 Å². The molecule has 0 spiro atoms. The van der Waals surface area contributed by atoms with Crippen LogP contribution in [0.15, 0.2) is 41.6 Å². The summed E-state index contributed by atoms with van der Waals surface area (Å²) in [5.41, 5.74) is 0.752. The Kier molecular flexibility index (Phi) is 5.12. The largest absolute Gasteiger partial charge is 0.365 e. The summed E-state index contributed by atoms with van der Waals surface area (Å²) < 4.78 is 27.8. The van der Waals surface area contributed by atoms with Crippen LogP contribution >= 0.6 is 11.3 Å². The molecule has 1 aliphatic heterocycles. The van der Waals surface area contributed by atoms with Gasteiger partial charge in [-0.1, -0.05) is 24.6 Å². The van der Waals surface area contributed by atoms with Gasteiger partial charge < -0.3 is 5.32 Å². The molecular weight excluding hydrogens is 380 g/mol. The number of rotatable bonds is 5. The molecule has 0 bridgehead atoms. The molecule has 8 heteroatoms. The number of nitrogens with one attached hydrogen (secondary N) is 1. The fraction of sp³-hybridized carbons (Fsp3) is 0.368. The van der Waals surface area contributed by atoms with Crippen LogP contribution in [0.3, 0.4) is 0 Å². The number of thiophene rings is 1. The fourth-order valence-corrected chi connectivity index (χ4v) is 6.03. The molecule has 6 nitrogen and oxygen atoms in total. The van der Waals surface area contributed by atoms with Crippen molar-refractivity contribution in [3.05, 3.63) is 47.1 Å². The van der Waals surface area contributed by atoms with Crippen LogP contribution in [0.5, 0.6) is 0 Å². The summed E-state index contributed by atoms with van der Waals surface area (Å²) in [6, 6.07) is 9.27. The molecule has 0 amide bonds. The molecule has 0 aliphatic carbocycles. The maximum absolute atomic E-state index is 13.1. The molecule has 1 saturated heterocycles. The normalized spacial score (nSPS) is 15.9. The first-order valence-corrected chi connectivity index (χ1v) is 11.3. The molecular formula is C19H22N4O2S2. The zero-order valence-corrected chi connectivity index (χ0v) is 16.8. The van der Waals surface area contributed by atoms with E-state index in [9.17, 15) is 8.42 Å². The van der Waals surface area contributed by atoms with Gasteiger partial charge in [0.1, 0.15) is 17.0 Å². The number of hydrogen-bond donors (Lipinski definition) is 1. The van der Waals surface area contributed by atoms with Gasteiger partial charge in [-0.25, -0.2) is 18.4 Å². The number of piperidine rings is 1. The van der Waals surface area contributed by atoms with Crippen molar-refractivity contribution >= 4 is 37.4 Å². The van der Waals surface area contributed by atoms with Crippen molar-refractivity contribution < 1.29 is 8.42 Å². The summed E-state index contributed by atoms with van der Waals surface area (Å²) in [5, 5.41) is 4.27. The van der Waals surface area contributed by atoms with E-state index in [1.165, 1.54) is 11.2 Å². The Bertz CT molecular complexity index is 1060. The highest BCUT2D eigenvalue weighted by Crippen LogP contribution is 2.29. The average Bonchev–Trinajstić information content (AvgIpc) is 3.08. The topological polar surface area (TPSA) is 75.2 Å². The van der Waals surface area contributed by atoms with Gasteiger partial charge in [-0.3, -0.25) is 0 Å². The van der Waals surface area contributed by atoms with Crippen molar-refractivity contribution in [2.75, 3.05) is 18.4 Å². The van der Waals surface area contributed by atoms with Crippen LogP contribution in [0.4, 0.5) is 5.82 Å². The lowest BCUT2D eigenvalue weighted by Gasteiger charge is -2.26. The molecule has 1 aliphatic rings. The molecule has 3 aromatic rings. The summed E-state index contributed by atoms with van der Waals surface area (Å²) in [4.78, 5) is 11.1. The third kappa shape index (κ3) is 3.69. The zero-order valence-electron chi connectivity index (χ0n) is 15.2. The molecule has 1 N–H and O–H groups in total. The Morgan fingerprint density at radius 1 is 1.15 bits per heavy atom. The van der Waals surface area contributed by atoms with Crippen LogP contribution in [0.25, 0.3) is 10.2 Å². The monoisotopic (exact) mass is 402 g/mol. The van der Waals surface area contributed by atoms with E-state index >= 15 is 0 Å². The van der Waals surface area contributed by atoms with Crippen LogP contribution in [-0.2, 0) is 16.6 Å². The van der Waals surface area contributed by atoms with E-state index in [-0.39, 0.29) is 0 Å². The average molecular weight is 403 g/mol. The van der Waals surface area contributed by atoms with Gasteiger partial charge in [0.25, 0.3) is 0 Å².